The van der Waals surface area contributed by atoms with E-state index in [2.05, 4.69) is 4.74 Å². The van der Waals surface area contributed by atoms with Crippen LogP contribution in [-0.2, 0) is 19.1 Å². The third kappa shape index (κ3) is 6.33. The summed E-state index contributed by atoms with van der Waals surface area (Å²) in [7, 11) is 0. The van der Waals surface area contributed by atoms with E-state index in [0.29, 0.717) is 0 Å². The number of aliphatic hydroxyl groups is 4. The van der Waals surface area contributed by atoms with E-state index in [4.69, 9.17) is 25.8 Å². The summed E-state index contributed by atoms with van der Waals surface area (Å²) in [6, 6.07) is -1.04. The Hall–Kier alpha value is -1.30. The van der Waals surface area contributed by atoms with E-state index < -0.39 is 55.3 Å². The first-order chi connectivity index (χ1) is 9.61. The molecule has 7 N–H and O–H groups in total. The number of hydrogen-bond donors (Lipinski definition) is 6. The summed E-state index contributed by atoms with van der Waals surface area (Å²) in [5.41, 5.74) is 5.48. The standard InChI is InChI=1S/C8H15NO6.C3H6O3/c1-3(11)14-8-5(9)7(13)6(12)4(2-10)15-8;1-2(4)3(5)6/h4-8,10,12-13H,2,9H2,1H3;2,4H,1H3,(H,5,6)/t4-,5-,6-,7-,8?;/m1./s1. The monoisotopic (exact) mass is 311 g/mol. The molecule has 6 atom stereocenters. The van der Waals surface area contributed by atoms with E-state index >= 15 is 0 Å². The van der Waals surface area contributed by atoms with Crippen molar-refractivity contribution in [3.8, 4) is 0 Å². The molecule has 10 heteroatoms. The minimum Gasteiger partial charge on any atom is -0.479 e. The Morgan fingerprint density at radius 3 is 2.14 bits per heavy atom. The zero-order valence-corrected chi connectivity index (χ0v) is 11.6. The van der Waals surface area contributed by atoms with Crippen molar-refractivity contribution in [2.75, 3.05) is 6.61 Å². The van der Waals surface area contributed by atoms with Crippen LogP contribution in [0.4, 0.5) is 0 Å². The van der Waals surface area contributed by atoms with Crippen molar-refractivity contribution in [3.63, 3.8) is 0 Å². The predicted molar refractivity (Wildman–Crippen MR) is 66.8 cm³/mol. The molecule has 0 aromatic heterocycles. The SMILES string of the molecule is CC(=O)OC1O[C@H](CO)[C@@H](O)[C@H](O)[C@H]1N.CC(O)C(=O)O. The number of carboxylic acids is 1. The van der Waals surface area contributed by atoms with Crippen LogP contribution in [0.15, 0.2) is 0 Å². The fraction of sp³-hybridized carbons (Fsp3) is 0.818. The summed E-state index contributed by atoms with van der Waals surface area (Å²) in [6.45, 7) is 1.87. The van der Waals surface area contributed by atoms with Crippen LogP contribution >= 0.6 is 0 Å². The lowest BCUT2D eigenvalue weighted by molar-refractivity contribution is -0.258. The highest BCUT2D eigenvalue weighted by atomic mass is 16.7. The number of rotatable bonds is 3. The molecule has 1 fully saturated rings. The molecule has 1 aliphatic heterocycles. The number of aliphatic carboxylic acids is 1. The van der Waals surface area contributed by atoms with Gasteiger partial charge < -0.3 is 40.7 Å². The molecule has 0 aromatic carbocycles. The number of nitrogens with two attached hydrogens (primary N) is 1. The van der Waals surface area contributed by atoms with E-state index in [-0.39, 0.29) is 0 Å². The van der Waals surface area contributed by atoms with Crippen LogP contribution in [0.3, 0.4) is 0 Å². The van der Waals surface area contributed by atoms with Crippen LogP contribution in [0.1, 0.15) is 13.8 Å². The third-order valence-corrected chi connectivity index (χ3v) is 2.57. The quantitative estimate of drug-likeness (QED) is 0.290. The summed E-state index contributed by atoms with van der Waals surface area (Å²) >= 11 is 0. The second kappa shape index (κ2) is 8.87. The normalized spacial score (nSPS) is 33.4. The van der Waals surface area contributed by atoms with Gasteiger partial charge in [0.05, 0.1) is 12.6 Å². The molecule has 0 bridgehead atoms. The first-order valence-corrected chi connectivity index (χ1v) is 6.07. The molecule has 0 aliphatic carbocycles. The van der Waals surface area contributed by atoms with Gasteiger partial charge >= 0.3 is 11.9 Å². The van der Waals surface area contributed by atoms with Crippen molar-refractivity contribution < 1.29 is 44.6 Å². The van der Waals surface area contributed by atoms with Gasteiger partial charge in [0.25, 0.3) is 0 Å². The lowest BCUT2D eigenvalue weighted by Gasteiger charge is -2.39. The van der Waals surface area contributed by atoms with E-state index in [1.165, 1.54) is 13.8 Å². The Balaban J connectivity index is 0.000000567. The van der Waals surface area contributed by atoms with Gasteiger partial charge in [0.2, 0.25) is 6.29 Å². The molecular formula is C11H21NO9. The molecule has 0 amide bonds. The Kier molecular flexibility index (Phi) is 8.32. The number of aliphatic hydroxyl groups excluding tert-OH is 4. The van der Waals surface area contributed by atoms with Gasteiger partial charge in [-0.25, -0.2) is 4.79 Å². The lowest BCUT2D eigenvalue weighted by atomic mass is 9.98. The molecule has 1 heterocycles. The fourth-order valence-corrected chi connectivity index (χ4v) is 1.37. The van der Waals surface area contributed by atoms with Crippen LogP contribution in [0.2, 0.25) is 0 Å². The lowest BCUT2D eigenvalue weighted by Crippen LogP contribution is -2.62. The molecular weight excluding hydrogens is 290 g/mol. The number of hydrogen-bond acceptors (Lipinski definition) is 9. The van der Waals surface area contributed by atoms with Crippen LogP contribution in [0.5, 0.6) is 0 Å². The van der Waals surface area contributed by atoms with Crippen molar-refractivity contribution in [2.45, 2.75) is 50.6 Å². The molecule has 0 aromatic rings. The highest BCUT2D eigenvalue weighted by molar-refractivity contribution is 5.71. The van der Waals surface area contributed by atoms with Crippen LogP contribution < -0.4 is 5.73 Å². The summed E-state index contributed by atoms with van der Waals surface area (Å²) in [5, 5.41) is 43.5. The maximum Gasteiger partial charge on any atom is 0.332 e. The summed E-state index contributed by atoms with van der Waals surface area (Å²) in [5.74, 6) is -1.80. The molecule has 0 radical (unpaired) electrons. The van der Waals surface area contributed by atoms with Gasteiger partial charge in [-0.2, -0.15) is 0 Å². The molecule has 0 spiro atoms. The zero-order valence-electron chi connectivity index (χ0n) is 11.6. The Morgan fingerprint density at radius 1 is 1.33 bits per heavy atom. The second-order valence-corrected chi connectivity index (χ2v) is 4.41. The molecule has 124 valence electrons. The second-order valence-electron chi connectivity index (χ2n) is 4.41. The smallest absolute Gasteiger partial charge is 0.332 e. The van der Waals surface area contributed by atoms with Gasteiger partial charge in [0, 0.05) is 6.92 Å². The topological polar surface area (TPSA) is 180 Å². The van der Waals surface area contributed by atoms with Crippen molar-refractivity contribution in [1.82, 2.24) is 0 Å². The number of carbonyl (C=O) groups excluding carboxylic acids is 1. The minimum atomic E-state index is -1.31. The molecule has 1 aliphatic rings. The maximum absolute atomic E-state index is 10.7. The number of esters is 1. The average molecular weight is 311 g/mol. The zero-order chi connectivity index (χ0) is 16.7. The highest BCUT2D eigenvalue weighted by Gasteiger charge is 2.43. The van der Waals surface area contributed by atoms with Crippen molar-refractivity contribution >= 4 is 11.9 Å². The fourth-order valence-electron chi connectivity index (χ4n) is 1.37. The molecule has 2 unspecified atom stereocenters. The summed E-state index contributed by atoms with van der Waals surface area (Å²) in [6.07, 6.45) is -6.00. The van der Waals surface area contributed by atoms with Gasteiger partial charge in [-0.1, -0.05) is 0 Å². The van der Waals surface area contributed by atoms with Gasteiger partial charge in [0.1, 0.15) is 24.4 Å². The first-order valence-electron chi connectivity index (χ1n) is 6.07. The van der Waals surface area contributed by atoms with Crippen molar-refractivity contribution in [3.05, 3.63) is 0 Å². The van der Waals surface area contributed by atoms with Gasteiger partial charge in [-0.3, -0.25) is 4.79 Å². The molecule has 1 saturated heterocycles. The molecule has 21 heavy (non-hydrogen) atoms. The Labute approximate surface area is 120 Å². The van der Waals surface area contributed by atoms with Crippen LogP contribution in [-0.4, -0.2) is 80.8 Å². The van der Waals surface area contributed by atoms with Gasteiger partial charge in [-0.15, -0.1) is 0 Å². The summed E-state index contributed by atoms with van der Waals surface area (Å²) in [4.78, 5) is 20.1. The van der Waals surface area contributed by atoms with Gasteiger partial charge in [0.15, 0.2) is 0 Å². The maximum atomic E-state index is 10.7. The van der Waals surface area contributed by atoms with Crippen LogP contribution in [0, 0.1) is 0 Å². The molecule has 1 rings (SSSR count). The third-order valence-electron chi connectivity index (χ3n) is 2.57. The molecule has 0 saturated carbocycles. The summed E-state index contributed by atoms with van der Waals surface area (Å²) < 4.78 is 9.70. The van der Waals surface area contributed by atoms with E-state index in [0.717, 1.165) is 0 Å². The van der Waals surface area contributed by atoms with E-state index in [9.17, 15) is 19.8 Å². The first kappa shape index (κ1) is 19.7. The average Bonchev–Trinajstić information content (AvgIpc) is 2.39. The Bertz CT molecular complexity index is 347. The van der Waals surface area contributed by atoms with E-state index in [1.54, 1.807) is 0 Å². The minimum absolute atomic E-state index is 0.497. The van der Waals surface area contributed by atoms with E-state index in [1.807, 2.05) is 0 Å². The molecule has 10 nitrogen and oxygen atoms in total. The largest absolute Gasteiger partial charge is 0.479 e. The van der Waals surface area contributed by atoms with Crippen molar-refractivity contribution in [1.29, 1.82) is 0 Å². The van der Waals surface area contributed by atoms with Crippen molar-refractivity contribution in [2.24, 2.45) is 5.73 Å². The highest BCUT2D eigenvalue weighted by Crippen LogP contribution is 2.20. The number of carboxylic acid groups (broad SMARTS) is 1. The van der Waals surface area contributed by atoms with Gasteiger partial charge in [-0.05, 0) is 6.92 Å². The number of carbonyl (C=O) groups is 2. The predicted octanol–water partition coefficient (Wildman–Crippen LogP) is -3.23. The number of ether oxygens (including phenoxy) is 2. The van der Waals surface area contributed by atoms with Crippen LogP contribution in [0.25, 0.3) is 0 Å². The Morgan fingerprint density at radius 2 is 1.81 bits per heavy atom.